The zero-order valence-corrected chi connectivity index (χ0v) is 17.2. The molecule has 0 fully saturated rings. The number of aromatic nitrogens is 2. The van der Waals surface area contributed by atoms with E-state index >= 15 is 0 Å². The zero-order chi connectivity index (χ0) is 20.9. The van der Waals surface area contributed by atoms with E-state index in [0.29, 0.717) is 17.0 Å². The molecule has 1 N–H and O–H groups in total. The smallest absolute Gasteiger partial charge is 0.182 e. The molecular formula is C24H17ClN4O2. The Labute approximate surface area is 183 Å². The van der Waals surface area contributed by atoms with Crippen molar-refractivity contribution < 1.29 is 9.26 Å². The Morgan fingerprint density at radius 1 is 1.16 bits per heavy atom. The van der Waals surface area contributed by atoms with Crippen LogP contribution in [-0.4, -0.2) is 16.7 Å². The van der Waals surface area contributed by atoms with E-state index in [1.54, 1.807) is 12.3 Å². The largest absolute Gasteiger partial charge is 0.481 e. The van der Waals surface area contributed by atoms with Crippen LogP contribution in [0.5, 0.6) is 5.75 Å². The molecule has 7 heteroatoms. The number of ether oxygens (including phenoxy) is 1. The van der Waals surface area contributed by atoms with Gasteiger partial charge in [0.25, 0.3) is 0 Å². The summed E-state index contributed by atoms with van der Waals surface area (Å²) in [4.78, 5) is 4.45. The van der Waals surface area contributed by atoms with Crippen LogP contribution in [0.25, 0.3) is 22.0 Å². The van der Waals surface area contributed by atoms with E-state index in [-0.39, 0.29) is 6.10 Å². The van der Waals surface area contributed by atoms with Gasteiger partial charge < -0.3 is 14.6 Å². The number of nitrogens with zero attached hydrogens (tertiary/aromatic N) is 3. The molecule has 0 bridgehead atoms. The molecule has 2 aliphatic heterocycles. The molecule has 0 amide bonds. The van der Waals surface area contributed by atoms with E-state index in [1.807, 2.05) is 30.3 Å². The molecule has 2 aromatic carbocycles. The van der Waals surface area contributed by atoms with Gasteiger partial charge in [0.2, 0.25) is 0 Å². The number of nitriles is 1. The van der Waals surface area contributed by atoms with Crippen LogP contribution in [0.2, 0.25) is 5.02 Å². The van der Waals surface area contributed by atoms with Crippen molar-refractivity contribution in [2.75, 3.05) is 6.54 Å². The van der Waals surface area contributed by atoms with Crippen LogP contribution >= 0.6 is 11.6 Å². The summed E-state index contributed by atoms with van der Waals surface area (Å²) in [7, 11) is 0. The maximum absolute atomic E-state index is 9.36. The first-order valence-corrected chi connectivity index (χ1v) is 10.6. The van der Waals surface area contributed by atoms with Gasteiger partial charge in [-0.2, -0.15) is 5.26 Å². The Morgan fingerprint density at radius 3 is 3.00 bits per heavy atom. The van der Waals surface area contributed by atoms with E-state index < -0.39 is 0 Å². The highest BCUT2D eigenvalue weighted by molar-refractivity contribution is 6.31. The second kappa shape index (κ2) is 7.09. The van der Waals surface area contributed by atoms with E-state index in [9.17, 15) is 5.26 Å². The molecule has 6 rings (SSSR count). The van der Waals surface area contributed by atoms with Gasteiger partial charge in [-0.15, -0.1) is 0 Å². The third-order valence-electron chi connectivity index (χ3n) is 5.99. The summed E-state index contributed by atoms with van der Waals surface area (Å²) in [6.45, 7) is 1.65. The van der Waals surface area contributed by atoms with Crippen molar-refractivity contribution in [3.8, 4) is 22.9 Å². The summed E-state index contributed by atoms with van der Waals surface area (Å²) in [6.07, 6.45) is 3.05. The summed E-state index contributed by atoms with van der Waals surface area (Å²) >= 11 is 6.51. The minimum Gasteiger partial charge on any atom is -0.481 e. The Balaban J connectivity index is 1.48. The van der Waals surface area contributed by atoms with Gasteiger partial charge in [-0.1, -0.05) is 16.8 Å². The average Bonchev–Trinajstić information content (AvgIpc) is 3.41. The Hall–Kier alpha value is -3.40. The minimum absolute atomic E-state index is 0.244. The topological polar surface area (TPSA) is 84.0 Å². The normalized spacial score (nSPS) is 17.1. The fourth-order valence-electron chi connectivity index (χ4n) is 4.54. The number of fused-ring (bicyclic) bond motifs is 3. The van der Waals surface area contributed by atoms with Crippen LogP contribution in [0.3, 0.4) is 0 Å². The average molecular weight is 429 g/mol. The van der Waals surface area contributed by atoms with Crippen LogP contribution in [0.1, 0.15) is 34.2 Å². The van der Waals surface area contributed by atoms with Crippen molar-refractivity contribution in [2.45, 2.75) is 25.5 Å². The lowest BCUT2D eigenvalue weighted by Gasteiger charge is -2.15. The number of hydrogen-bond donors (Lipinski definition) is 1. The van der Waals surface area contributed by atoms with Gasteiger partial charge >= 0.3 is 0 Å². The summed E-state index contributed by atoms with van der Waals surface area (Å²) in [5.41, 5.74) is 6.36. The maximum Gasteiger partial charge on any atom is 0.182 e. The van der Waals surface area contributed by atoms with Crippen molar-refractivity contribution >= 4 is 22.5 Å². The molecule has 0 radical (unpaired) electrons. The van der Waals surface area contributed by atoms with E-state index in [0.717, 1.165) is 69.9 Å². The van der Waals surface area contributed by atoms with Gasteiger partial charge in [0.1, 0.15) is 5.75 Å². The minimum atomic E-state index is -0.244. The molecule has 0 unspecified atom stereocenters. The van der Waals surface area contributed by atoms with Gasteiger partial charge in [0.05, 0.1) is 22.8 Å². The third kappa shape index (κ3) is 2.97. The van der Waals surface area contributed by atoms with E-state index in [4.69, 9.17) is 20.9 Å². The first-order valence-electron chi connectivity index (χ1n) is 10.2. The number of nitrogens with one attached hydrogen (secondary N) is 1. The van der Waals surface area contributed by atoms with Gasteiger partial charge in [-0.3, -0.25) is 4.98 Å². The Morgan fingerprint density at radius 2 is 2.10 bits per heavy atom. The number of hydrogen-bond acceptors (Lipinski definition) is 6. The molecular weight excluding hydrogens is 412 g/mol. The molecule has 1 atom stereocenters. The fraction of sp³-hybridized carbons (Fsp3) is 0.208. The molecule has 0 aliphatic carbocycles. The molecule has 152 valence electrons. The van der Waals surface area contributed by atoms with Gasteiger partial charge in [-0.25, -0.2) is 0 Å². The summed E-state index contributed by atoms with van der Waals surface area (Å²) in [6, 6.07) is 13.5. The first-order chi connectivity index (χ1) is 15.2. The van der Waals surface area contributed by atoms with Crippen molar-refractivity contribution in [1.29, 1.82) is 5.26 Å². The Kier molecular flexibility index (Phi) is 4.20. The molecule has 0 saturated heterocycles. The van der Waals surface area contributed by atoms with Crippen molar-refractivity contribution in [3.63, 3.8) is 0 Å². The predicted molar refractivity (Wildman–Crippen MR) is 116 cm³/mol. The summed E-state index contributed by atoms with van der Waals surface area (Å²) in [5.74, 6) is 1.57. The van der Waals surface area contributed by atoms with Crippen LogP contribution < -0.4 is 10.1 Å². The SMILES string of the molecule is N#Cc1ccc2nccc(-c3cc(Cl)cc4c3O[C@@H](c3onc5c3CNCC5)C4)c2c1. The van der Waals surface area contributed by atoms with Gasteiger partial charge in [-0.05, 0) is 42.0 Å². The fourth-order valence-corrected chi connectivity index (χ4v) is 4.78. The van der Waals surface area contributed by atoms with E-state index in [1.165, 1.54) is 0 Å². The van der Waals surface area contributed by atoms with Gasteiger partial charge in [0.15, 0.2) is 11.9 Å². The van der Waals surface area contributed by atoms with Crippen LogP contribution in [0, 0.1) is 11.3 Å². The quantitative estimate of drug-likeness (QED) is 0.496. The molecule has 6 nitrogen and oxygen atoms in total. The zero-order valence-electron chi connectivity index (χ0n) is 16.5. The number of halogens is 1. The standard InChI is InChI=1S/C24H17ClN4O2/c25-15-8-14-9-22(24-19-12-27-5-4-21(19)29-31-24)30-23(14)18(10-15)16-3-6-28-20-2-1-13(11-26)7-17(16)20/h1-3,6-8,10,22,27H,4-5,9,12H2/t22-/m1/s1. The lowest BCUT2D eigenvalue weighted by atomic mass is 9.96. The second-order valence-electron chi connectivity index (χ2n) is 7.85. The highest BCUT2D eigenvalue weighted by Gasteiger charge is 2.34. The lowest BCUT2D eigenvalue weighted by Crippen LogP contribution is -2.24. The van der Waals surface area contributed by atoms with Gasteiger partial charge in [0, 0.05) is 59.2 Å². The summed E-state index contributed by atoms with van der Waals surface area (Å²) < 4.78 is 12.2. The molecule has 2 aromatic heterocycles. The number of rotatable bonds is 2. The highest BCUT2D eigenvalue weighted by atomic mass is 35.5. The highest BCUT2D eigenvalue weighted by Crippen LogP contribution is 2.47. The lowest BCUT2D eigenvalue weighted by molar-refractivity contribution is 0.189. The Bertz CT molecular complexity index is 1390. The molecule has 2 aliphatic rings. The van der Waals surface area contributed by atoms with E-state index in [2.05, 4.69) is 21.5 Å². The van der Waals surface area contributed by atoms with Crippen LogP contribution in [0.4, 0.5) is 0 Å². The van der Waals surface area contributed by atoms with Crippen LogP contribution in [-0.2, 0) is 19.4 Å². The molecule has 0 spiro atoms. The summed E-state index contributed by atoms with van der Waals surface area (Å²) in [5, 5.41) is 18.5. The number of pyridine rings is 1. The predicted octanol–water partition coefficient (Wildman–Crippen LogP) is 4.74. The first kappa shape index (κ1) is 18.4. The second-order valence-corrected chi connectivity index (χ2v) is 8.29. The van der Waals surface area contributed by atoms with Crippen LogP contribution in [0.15, 0.2) is 47.1 Å². The third-order valence-corrected chi connectivity index (χ3v) is 6.21. The van der Waals surface area contributed by atoms with Crippen molar-refractivity contribution in [3.05, 3.63) is 75.8 Å². The monoisotopic (exact) mass is 428 g/mol. The number of benzene rings is 2. The molecule has 0 saturated carbocycles. The van der Waals surface area contributed by atoms with Crippen molar-refractivity contribution in [2.24, 2.45) is 0 Å². The van der Waals surface area contributed by atoms with Crippen molar-refractivity contribution in [1.82, 2.24) is 15.5 Å². The molecule has 31 heavy (non-hydrogen) atoms. The molecule has 4 aromatic rings. The molecule has 4 heterocycles. The maximum atomic E-state index is 9.36.